The largest absolute Gasteiger partial charge is 0.497 e. The number of rotatable bonds is 6. The number of hydrogen-bond acceptors (Lipinski definition) is 4. The van der Waals surface area contributed by atoms with Crippen LogP contribution in [0, 0.1) is 0 Å². The smallest absolute Gasteiger partial charge is 0.404 e. The number of ether oxygens (including phenoxy) is 2. The van der Waals surface area contributed by atoms with Crippen LogP contribution < -0.4 is 14.8 Å². The van der Waals surface area contributed by atoms with E-state index in [4.69, 9.17) is 14.6 Å². The van der Waals surface area contributed by atoms with Crippen LogP contribution in [0.25, 0.3) is 0 Å². The van der Waals surface area contributed by atoms with Crippen molar-refractivity contribution in [2.75, 3.05) is 20.8 Å². The van der Waals surface area contributed by atoms with Crippen molar-refractivity contribution in [3.05, 3.63) is 57.6 Å². The molecular formula is C19H19BrN2O5. The molecule has 0 aromatic heterocycles. The monoisotopic (exact) mass is 434 g/mol. The van der Waals surface area contributed by atoms with Gasteiger partial charge in [0.1, 0.15) is 11.5 Å². The summed E-state index contributed by atoms with van der Waals surface area (Å²) in [5, 5.41) is 11.4. The number of halogens is 1. The van der Waals surface area contributed by atoms with E-state index >= 15 is 0 Å². The number of nitrogens with one attached hydrogen (secondary N) is 1. The maximum absolute atomic E-state index is 13.0. The van der Waals surface area contributed by atoms with Crippen LogP contribution in [0.2, 0.25) is 0 Å². The minimum atomic E-state index is -1.13. The summed E-state index contributed by atoms with van der Waals surface area (Å²) in [7, 11) is 3.12. The van der Waals surface area contributed by atoms with Crippen molar-refractivity contribution in [1.29, 1.82) is 0 Å². The van der Waals surface area contributed by atoms with Crippen LogP contribution in [0.15, 0.2) is 40.9 Å². The fourth-order valence-corrected chi connectivity index (χ4v) is 3.60. The number of carboxylic acid groups (broad SMARTS) is 1. The Kier molecular flexibility index (Phi) is 5.55. The SMILES string of the molecule is COc1ccc(CN2C(=O)c3ccc(Br)cc3C2CNC(=O)O)c(OC)c1. The molecule has 0 saturated heterocycles. The third-order valence-electron chi connectivity index (χ3n) is 4.52. The molecule has 1 unspecified atom stereocenters. The van der Waals surface area contributed by atoms with Crippen molar-refractivity contribution in [1.82, 2.24) is 10.2 Å². The predicted molar refractivity (Wildman–Crippen MR) is 102 cm³/mol. The normalized spacial score (nSPS) is 15.4. The Hall–Kier alpha value is -2.74. The number of fused-ring (bicyclic) bond motifs is 1. The second kappa shape index (κ2) is 7.87. The van der Waals surface area contributed by atoms with Gasteiger partial charge in [-0.05, 0) is 35.9 Å². The second-order valence-electron chi connectivity index (χ2n) is 6.04. The minimum Gasteiger partial charge on any atom is -0.497 e. The van der Waals surface area contributed by atoms with E-state index < -0.39 is 12.1 Å². The molecule has 0 saturated carbocycles. The van der Waals surface area contributed by atoms with Crippen LogP contribution in [-0.4, -0.2) is 42.8 Å². The van der Waals surface area contributed by atoms with Crippen molar-refractivity contribution in [2.45, 2.75) is 12.6 Å². The molecule has 8 heteroatoms. The fourth-order valence-electron chi connectivity index (χ4n) is 3.22. The molecule has 3 rings (SSSR count). The van der Waals surface area contributed by atoms with Crippen molar-refractivity contribution >= 4 is 27.9 Å². The van der Waals surface area contributed by atoms with E-state index in [0.717, 1.165) is 15.6 Å². The summed E-state index contributed by atoms with van der Waals surface area (Å²) < 4.78 is 11.5. The van der Waals surface area contributed by atoms with Gasteiger partial charge in [-0.3, -0.25) is 4.79 Å². The summed E-state index contributed by atoms with van der Waals surface area (Å²) >= 11 is 3.42. The van der Waals surface area contributed by atoms with Gasteiger partial charge in [0, 0.05) is 28.2 Å². The van der Waals surface area contributed by atoms with Crippen molar-refractivity contribution in [3.8, 4) is 11.5 Å². The predicted octanol–water partition coefficient (Wildman–Crippen LogP) is 3.43. The lowest BCUT2D eigenvalue weighted by atomic mass is 10.0. The zero-order chi connectivity index (χ0) is 19.6. The molecule has 1 atom stereocenters. The molecule has 142 valence electrons. The lowest BCUT2D eigenvalue weighted by molar-refractivity contribution is 0.0705. The quantitative estimate of drug-likeness (QED) is 0.726. The van der Waals surface area contributed by atoms with Gasteiger partial charge in [-0.15, -0.1) is 0 Å². The van der Waals surface area contributed by atoms with E-state index in [2.05, 4.69) is 21.2 Å². The molecule has 2 amide bonds. The molecule has 0 aliphatic carbocycles. The first-order chi connectivity index (χ1) is 12.9. The van der Waals surface area contributed by atoms with Gasteiger partial charge in [0.15, 0.2) is 0 Å². The first-order valence-corrected chi connectivity index (χ1v) is 9.02. The second-order valence-corrected chi connectivity index (χ2v) is 6.96. The van der Waals surface area contributed by atoms with Crippen LogP contribution in [0.4, 0.5) is 4.79 Å². The minimum absolute atomic E-state index is 0.100. The van der Waals surface area contributed by atoms with Gasteiger partial charge < -0.3 is 24.8 Å². The van der Waals surface area contributed by atoms with Gasteiger partial charge in [-0.2, -0.15) is 0 Å². The van der Waals surface area contributed by atoms with E-state index in [-0.39, 0.29) is 19.0 Å². The van der Waals surface area contributed by atoms with E-state index in [1.165, 1.54) is 0 Å². The zero-order valence-corrected chi connectivity index (χ0v) is 16.4. The van der Waals surface area contributed by atoms with E-state index in [0.29, 0.717) is 17.1 Å². The molecule has 0 radical (unpaired) electrons. The number of methoxy groups -OCH3 is 2. The first kappa shape index (κ1) is 19.0. The molecule has 2 aromatic rings. The average Bonchev–Trinajstić information content (AvgIpc) is 2.91. The number of benzene rings is 2. The van der Waals surface area contributed by atoms with Gasteiger partial charge in [0.25, 0.3) is 5.91 Å². The summed E-state index contributed by atoms with van der Waals surface area (Å²) in [5.74, 6) is 1.11. The van der Waals surface area contributed by atoms with Crippen molar-refractivity contribution in [2.24, 2.45) is 0 Å². The van der Waals surface area contributed by atoms with Crippen molar-refractivity contribution in [3.63, 3.8) is 0 Å². The Morgan fingerprint density at radius 2 is 2.00 bits per heavy atom. The molecule has 0 spiro atoms. The van der Waals surface area contributed by atoms with E-state index in [1.54, 1.807) is 43.4 Å². The maximum Gasteiger partial charge on any atom is 0.404 e. The lowest BCUT2D eigenvalue weighted by Crippen LogP contribution is -2.36. The van der Waals surface area contributed by atoms with Crippen LogP contribution in [0.3, 0.4) is 0 Å². The number of carbonyl (C=O) groups is 2. The highest BCUT2D eigenvalue weighted by atomic mass is 79.9. The highest BCUT2D eigenvalue weighted by Crippen LogP contribution is 2.37. The molecule has 1 aliphatic rings. The Morgan fingerprint density at radius 1 is 1.22 bits per heavy atom. The molecule has 27 heavy (non-hydrogen) atoms. The molecule has 0 fully saturated rings. The third-order valence-corrected chi connectivity index (χ3v) is 5.01. The third kappa shape index (κ3) is 3.85. The summed E-state index contributed by atoms with van der Waals surface area (Å²) in [6.45, 7) is 0.382. The van der Waals surface area contributed by atoms with Crippen LogP contribution in [0.1, 0.15) is 27.5 Å². The summed E-state index contributed by atoms with van der Waals surface area (Å²) in [5.41, 5.74) is 2.16. The van der Waals surface area contributed by atoms with Gasteiger partial charge >= 0.3 is 6.09 Å². The zero-order valence-electron chi connectivity index (χ0n) is 14.9. The highest BCUT2D eigenvalue weighted by molar-refractivity contribution is 9.10. The van der Waals surface area contributed by atoms with Gasteiger partial charge in [-0.25, -0.2) is 4.79 Å². The van der Waals surface area contributed by atoms with E-state index in [9.17, 15) is 9.59 Å². The molecule has 1 heterocycles. The number of hydrogen-bond donors (Lipinski definition) is 2. The highest BCUT2D eigenvalue weighted by Gasteiger charge is 2.37. The van der Waals surface area contributed by atoms with Gasteiger partial charge in [-0.1, -0.05) is 15.9 Å². The Morgan fingerprint density at radius 3 is 2.67 bits per heavy atom. The molecule has 2 N–H and O–H groups in total. The molecule has 2 aromatic carbocycles. The number of amides is 2. The molecular weight excluding hydrogens is 416 g/mol. The van der Waals surface area contributed by atoms with Crippen molar-refractivity contribution < 1.29 is 24.2 Å². The summed E-state index contributed by atoms with van der Waals surface area (Å²) in [4.78, 5) is 25.6. The molecule has 0 bridgehead atoms. The number of carbonyl (C=O) groups excluding carboxylic acids is 1. The van der Waals surface area contributed by atoms with Crippen LogP contribution in [0.5, 0.6) is 11.5 Å². The lowest BCUT2D eigenvalue weighted by Gasteiger charge is -2.26. The van der Waals surface area contributed by atoms with E-state index in [1.807, 2.05) is 12.1 Å². The summed E-state index contributed by atoms with van der Waals surface area (Å²) in [6.07, 6.45) is -1.13. The fraction of sp³-hybridized carbons (Fsp3) is 0.263. The topological polar surface area (TPSA) is 88.1 Å². The standard InChI is InChI=1S/C19H19BrN2O5/c1-26-13-5-3-11(17(8-13)27-2)10-22-16(9-21-19(24)25)15-7-12(20)4-6-14(15)18(22)23/h3-8,16,21H,9-10H2,1-2H3,(H,24,25). The number of nitrogens with zero attached hydrogens (tertiary/aromatic N) is 1. The van der Waals surface area contributed by atoms with Crippen LogP contribution >= 0.6 is 15.9 Å². The molecule has 7 nitrogen and oxygen atoms in total. The first-order valence-electron chi connectivity index (χ1n) is 8.22. The van der Waals surface area contributed by atoms with Crippen LogP contribution in [-0.2, 0) is 6.54 Å². The Balaban J connectivity index is 1.95. The Labute approximate surface area is 165 Å². The van der Waals surface area contributed by atoms with Gasteiger partial charge in [0.2, 0.25) is 0 Å². The maximum atomic E-state index is 13.0. The summed E-state index contributed by atoms with van der Waals surface area (Å²) in [6, 6.07) is 10.4. The van der Waals surface area contributed by atoms with Gasteiger partial charge in [0.05, 0.1) is 26.8 Å². The average molecular weight is 435 g/mol. The Bertz CT molecular complexity index is 886. The molecule has 1 aliphatic heterocycles.